The molecule has 1 heteroatoms. The lowest BCUT2D eigenvalue weighted by Crippen LogP contribution is -2.23. The second-order valence-corrected chi connectivity index (χ2v) is 35.8. The third-order valence-corrected chi connectivity index (χ3v) is 16.9. The molecule has 0 fully saturated rings. The van der Waals surface area contributed by atoms with Crippen LogP contribution in [-0.4, -0.2) is 0 Å². The van der Waals surface area contributed by atoms with E-state index in [4.69, 9.17) is 4.74 Å². The van der Waals surface area contributed by atoms with Crippen LogP contribution in [0.5, 0.6) is 11.5 Å². The number of fused-ring (bicyclic) bond motifs is 11. The van der Waals surface area contributed by atoms with Gasteiger partial charge >= 0.3 is 0 Å². The summed E-state index contributed by atoms with van der Waals surface area (Å²) in [5, 5.41) is 11.1. The molecule has 1 aliphatic carbocycles. The van der Waals surface area contributed by atoms with Gasteiger partial charge in [-0.15, -0.1) is 0 Å². The van der Waals surface area contributed by atoms with Gasteiger partial charge in [-0.25, -0.2) is 0 Å². The van der Waals surface area contributed by atoms with Crippen molar-refractivity contribution in [3.8, 4) is 22.6 Å². The minimum Gasteiger partial charge on any atom is -0.457 e. The highest BCUT2D eigenvalue weighted by Crippen LogP contribution is 2.49. The van der Waals surface area contributed by atoms with Crippen molar-refractivity contribution in [1.82, 2.24) is 0 Å². The van der Waals surface area contributed by atoms with Crippen molar-refractivity contribution in [3.05, 3.63) is 238 Å². The summed E-state index contributed by atoms with van der Waals surface area (Å²) < 4.78 is 5.91. The van der Waals surface area contributed by atoms with Crippen LogP contribution in [0, 0.1) is 10.8 Å². The Morgan fingerprint density at radius 3 is 0.734 bits per heavy atom. The summed E-state index contributed by atoms with van der Waals surface area (Å²) in [4.78, 5) is 0. The maximum Gasteiger partial charge on any atom is 0.131 e. The molecule has 0 N–H and O–H groups in total. The Hall–Kier alpha value is -6.96. The Bertz CT molecular complexity index is 3860. The highest BCUT2D eigenvalue weighted by atomic mass is 16.5. The van der Waals surface area contributed by atoms with Crippen molar-refractivity contribution in [2.24, 2.45) is 10.8 Å². The minimum absolute atomic E-state index is 0.0193. The molecule has 0 bridgehead atoms. The lowest BCUT2D eigenvalue weighted by atomic mass is 9.71. The van der Waals surface area contributed by atoms with Crippen LogP contribution in [0.4, 0.5) is 0 Å². The number of rotatable bonds is 0. The smallest absolute Gasteiger partial charge is 0.131 e. The van der Waals surface area contributed by atoms with Crippen LogP contribution in [0.3, 0.4) is 0 Å². The van der Waals surface area contributed by atoms with Crippen LogP contribution in [0.1, 0.15) is 374 Å². The lowest BCUT2D eigenvalue weighted by molar-refractivity contribution is 0.418. The van der Waals surface area contributed by atoms with E-state index in [0.717, 1.165) is 17.9 Å². The van der Waals surface area contributed by atoms with E-state index in [1.807, 2.05) is 149 Å². The van der Waals surface area contributed by atoms with Crippen LogP contribution in [0.25, 0.3) is 54.2 Å². The highest BCUT2D eigenvalue weighted by Gasteiger charge is 2.34. The second-order valence-electron chi connectivity index (χ2n) is 35.8. The van der Waals surface area contributed by atoms with Crippen molar-refractivity contribution in [2.75, 3.05) is 0 Å². The maximum atomic E-state index is 5.91. The van der Waals surface area contributed by atoms with Crippen LogP contribution in [0.15, 0.2) is 182 Å². The average molecular weight is 1480 g/mol. The predicted octanol–water partition coefficient (Wildman–Crippen LogP) is 36.5. The molecule has 10 aromatic carbocycles. The Kier molecular flexibility index (Phi) is 46.8. The van der Waals surface area contributed by atoms with Gasteiger partial charge in [-0.05, 0) is 161 Å². The van der Waals surface area contributed by atoms with Gasteiger partial charge in [0.05, 0.1) is 0 Å². The number of hydrogen-bond donors (Lipinski definition) is 0. The first-order chi connectivity index (χ1) is 50.8. The minimum atomic E-state index is 0.0193. The largest absolute Gasteiger partial charge is 0.457 e. The van der Waals surface area contributed by atoms with E-state index in [9.17, 15) is 0 Å². The summed E-state index contributed by atoms with van der Waals surface area (Å²) in [6.45, 7) is 99.4. The van der Waals surface area contributed by atoms with E-state index in [1.165, 1.54) is 110 Å². The van der Waals surface area contributed by atoms with Crippen molar-refractivity contribution in [3.63, 3.8) is 0 Å². The molecular formula is C108H170O. The fraction of sp³-hybridized carbons (Fsp3) is 0.519. The van der Waals surface area contributed by atoms with E-state index in [2.05, 4.69) is 352 Å². The predicted molar refractivity (Wildman–Crippen MR) is 507 cm³/mol. The van der Waals surface area contributed by atoms with Crippen LogP contribution < -0.4 is 4.74 Å². The normalized spacial score (nSPS) is 11.9. The van der Waals surface area contributed by atoms with Crippen molar-refractivity contribution >= 4 is 43.1 Å². The summed E-state index contributed by atoms with van der Waals surface area (Å²) in [5.41, 5.74) is 19.0. The monoisotopic (exact) mass is 1480 g/mol. The summed E-state index contributed by atoms with van der Waals surface area (Å²) in [6.07, 6.45) is 1.08. The average Bonchev–Trinajstić information content (AvgIpc) is 1.51. The van der Waals surface area contributed by atoms with E-state index >= 15 is 0 Å². The quantitative estimate of drug-likeness (QED) is 0.138. The summed E-state index contributed by atoms with van der Waals surface area (Å²) >= 11 is 0. The molecule has 2 aliphatic rings. The Labute approximate surface area is 677 Å². The summed E-state index contributed by atoms with van der Waals surface area (Å²) in [5.74, 6) is 1.96. The third kappa shape index (κ3) is 32.0. The first-order valence-electron chi connectivity index (χ1n) is 42.8. The zero-order chi connectivity index (χ0) is 85.8. The number of hydrogen-bond acceptors (Lipinski definition) is 1. The standard InChI is InChI=1S/2C22H26.C21H26.C15H14O.2C5H12.9C2H6/c1-21(2,3)19-11-7-9-15-16-10-8-12-20(22(4,5)6)18(16)14-13-17(15)19;1-21(2,3)19-17-13-9-7-11-15(17)16-12-8-10-14-18(16)20(19)22(4,5)6;1-20(2,3)16-9-7-14-11-15-8-10-17(21(4,5)6)13-19(15)18(14)12-16;1-15(2)11-7-3-5-9-13(11)16-14-10-6-4-8-12(14)15;2*1-5(2,3)4;9*1-2/h2*7-14H,1-6H3;7-10,12-13H,11H2,1-6H3;3-10H,1-2H3;2*1-4H3;9*1-2H3. The highest BCUT2D eigenvalue weighted by molar-refractivity contribution is 6.12. The Morgan fingerprint density at radius 2 is 0.477 bits per heavy atom. The van der Waals surface area contributed by atoms with Gasteiger partial charge in [0.25, 0.3) is 0 Å². The summed E-state index contributed by atoms with van der Waals surface area (Å²) in [6, 6.07) is 66.4. The maximum absolute atomic E-state index is 5.91. The van der Waals surface area contributed by atoms with Gasteiger partial charge in [0.1, 0.15) is 11.5 Å². The van der Waals surface area contributed by atoms with Crippen LogP contribution >= 0.6 is 0 Å². The first kappa shape index (κ1) is 106. The van der Waals surface area contributed by atoms with Crippen molar-refractivity contribution in [1.29, 1.82) is 0 Å². The van der Waals surface area contributed by atoms with E-state index in [1.54, 1.807) is 0 Å². The molecule has 0 unspecified atom stereocenters. The number of para-hydroxylation sites is 2. The fourth-order valence-electron chi connectivity index (χ4n) is 12.6. The fourth-order valence-corrected chi connectivity index (χ4v) is 12.6. The lowest BCUT2D eigenvalue weighted by Gasteiger charge is -2.34. The second kappa shape index (κ2) is 48.1. The SMILES string of the molecule is CC.CC.CC.CC.CC.CC.CC.CC.CC.CC(C)(C)C.CC(C)(C)C.CC(C)(C)c1c(C(C)(C)C)c2ccccc2c2ccccc12.CC(C)(C)c1ccc2c(c1)-c1cc(C(C)(C)C)ccc1C2.CC(C)(C)c1cccc2c1ccc1c(C(C)(C)C)cccc12.CC1(C)c2ccccc2Oc2ccccc21. The summed E-state index contributed by atoms with van der Waals surface area (Å²) in [7, 11) is 0. The van der Waals surface area contributed by atoms with Crippen LogP contribution in [0.2, 0.25) is 0 Å². The molecule has 0 saturated heterocycles. The molecule has 0 saturated carbocycles. The van der Waals surface area contributed by atoms with E-state index in [-0.39, 0.29) is 37.9 Å². The van der Waals surface area contributed by atoms with Gasteiger partial charge < -0.3 is 4.74 Å². The van der Waals surface area contributed by atoms with Gasteiger partial charge in [-0.3, -0.25) is 0 Å². The molecule has 0 amide bonds. The third-order valence-electron chi connectivity index (χ3n) is 16.9. The molecule has 12 rings (SSSR count). The molecule has 1 nitrogen and oxygen atoms in total. The van der Waals surface area contributed by atoms with Gasteiger partial charge in [-0.2, -0.15) is 0 Å². The topological polar surface area (TPSA) is 9.23 Å². The molecule has 109 heavy (non-hydrogen) atoms. The van der Waals surface area contributed by atoms with Gasteiger partial charge in [0.15, 0.2) is 0 Å². The molecular weight excluding hydrogens is 1310 g/mol. The first-order valence-corrected chi connectivity index (χ1v) is 42.8. The van der Waals surface area contributed by atoms with E-state index in [0.29, 0.717) is 10.8 Å². The molecule has 1 heterocycles. The number of ether oxygens (including phenoxy) is 1. The van der Waals surface area contributed by atoms with Crippen LogP contribution in [-0.2, 0) is 44.3 Å². The zero-order valence-corrected chi connectivity index (χ0v) is 79.9. The Balaban J connectivity index is -0.00000124. The molecule has 10 aromatic rings. The number of benzene rings is 10. The molecule has 1 aliphatic heterocycles. The molecule has 0 radical (unpaired) electrons. The molecule has 0 atom stereocenters. The molecule has 0 spiro atoms. The van der Waals surface area contributed by atoms with Crippen molar-refractivity contribution < 1.29 is 4.74 Å². The van der Waals surface area contributed by atoms with Gasteiger partial charge in [0, 0.05) is 16.5 Å². The molecule has 0 aromatic heterocycles. The van der Waals surface area contributed by atoms with Gasteiger partial charge in [0.2, 0.25) is 0 Å². The van der Waals surface area contributed by atoms with Gasteiger partial charge in [-0.1, -0.05) is 488 Å². The Morgan fingerprint density at radius 1 is 0.239 bits per heavy atom. The van der Waals surface area contributed by atoms with Crippen molar-refractivity contribution in [2.45, 2.75) is 363 Å². The zero-order valence-electron chi connectivity index (χ0n) is 79.9. The van der Waals surface area contributed by atoms with E-state index < -0.39 is 0 Å². The molecule has 608 valence electrons.